The van der Waals surface area contributed by atoms with Gasteiger partial charge in [-0.05, 0) is 37.5 Å². The molecule has 1 aliphatic heterocycles. The van der Waals surface area contributed by atoms with Crippen LogP contribution in [0.25, 0.3) is 0 Å². The average molecular weight is 497 g/mol. The number of hydrogen-bond donors (Lipinski definition) is 1. The highest BCUT2D eigenvalue weighted by atomic mass is 35.5. The molecule has 8 nitrogen and oxygen atoms in total. The quantitative estimate of drug-likeness (QED) is 0.0742. The number of esters is 2. The number of ether oxygens (including phenoxy) is 3. The first-order chi connectivity index (χ1) is 16.4. The van der Waals surface area contributed by atoms with Crippen molar-refractivity contribution < 1.29 is 38.7 Å². The molecule has 1 aromatic carbocycles. The number of hydrogen-bond acceptors (Lipinski definition) is 8. The van der Waals surface area contributed by atoms with Crippen LogP contribution in [0.1, 0.15) is 48.9 Å². The normalized spacial score (nSPS) is 12.9. The van der Waals surface area contributed by atoms with Crippen LogP contribution >= 0.6 is 11.6 Å². The monoisotopic (exact) mass is 496 g/mol. The molecule has 0 amide bonds. The second-order valence-electron chi connectivity index (χ2n) is 6.81. The smallest absolute Gasteiger partial charge is 0.372 e. The Bertz CT molecular complexity index is 774. The van der Waals surface area contributed by atoms with Crippen molar-refractivity contribution in [3.05, 3.63) is 72.8 Å². The summed E-state index contributed by atoms with van der Waals surface area (Å²) in [5.74, 6) is -1.12. The summed E-state index contributed by atoms with van der Waals surface area (Å²) < 4.78 is 14.7. The minimum Gasteiger partial charge on any atom is -0.466 e. The summed E-state index contributed by atoms with van der Waals surface area (Å²) in [5.41, 5.74) is 0.222. The Morgan fingerprint density at radius 2 is 1.56 bits per heavy atom. The predicted molar refractivity (Wildman–Crippen MR) is 129 cm³/mol. The van der Waals surface area contributed by atoms with Crippen LogP contribution in [-0.2, 0) is 28.7 Å². The molecule has 1 aromatic rings. The van der Waals surface area contributed by atoms with Gasteiger partial charge in [-0.3, -0.25) is 14.5 Å². The fraction of sp³-hybridized carbons (Fsp3) is 0.400. The number of benzene rings is 1. The Hall–Kier alpha value is -2.94. The number of carbonyl (C=O) groups is 3. The van der Waals surface area contributed by atoms with Crippen molar-refractivity contribution in [2.75, 3.05) is 19.8 Å². The Morgan fingerprint density at radius 1 is 1.00 bits per heavy atom. The van der Waals surface area contributed by atoms with E-state index < -0.39 is 5.97 Å². The van der Waals surface area contributed by atoms with E-state index >= 15 is 0 Å². The van der Waals surface area contributed by atoms with Gasteiger partial charge in [0, 0.05) is 24.3 Å². The number of epoxide rings is 1. The van der Waals surface area contributed by atoms with E-state index in [0.29, 0.717) is 50.0 Å². The molecule has 1 N–H and O–H groups in total. The fourth-order valence-electron chi connectivity index (χ4n) is 2.05. The summed E-state index contributed by atoms with van der Waals surface area (Å²) in [5, 5.41) is 8.41. The molecule has 1 aliphatic rings. The van der Waals surface area contributed by atoms with Gasteiger partial charge in [0.25, 0.3) is 0 Å². The van der Waals surface area contributed by atoms with Crippen molar-refractivity contribution in [2.24, 2.45) is 0 Å². The maximum Gasteiger partial charge on any atom is 0.372 e. The SMILES string of the molecule is C=CCCC(=O)OCCC1CO1.C=CCCOC(=O)CCC=C.O=C(OO)c1cccc(Cl)c1. The Kier molecular flexibility index (Phi) is 18.9. The van der Waals surface area contributed by atoms with E-state index in [1.807, 2.05) is 0 Å². The molecule has 0 bridgehead atoms. The van der Waals surface area contributed by atoms with E-state index in [1.165, 1.54) is 12.1 Å². The second kappa shape index (κ2) is 20.7. The molecule has 1 unspecified atom stereocenters. The summed E-state index contributed by atoms with van der Waals surface area (Å²) in [7, 11) is 0. The summed E-state index contributed by atoms with van der Waals surface area (Å²) in [6, 6.07) is 6.11. The van der Waals surface area contributed by atoms with Gasteiger partial charge in [-0.2, -0.15) is 5.26 Å². The van der Waals surface area contributed by atoms with Crippen molar-refractivity contribution >= 4 is 29.5 Å². The van der Waals surface area contributed by atoms with E-state index in [4.69, 9.17) is 31.1 Å². The predicted octanol–water partition coefficient (Wildman–Crippen LogP) is 5.33. The molecule has 1 saturated heterocycles. The lowest BCUT2D eigenvalue weighted by Crippen LogP contribution is -2.06. The zero-order chi connectivity index (χ0) is 25.6. The molecule has 9 heteroatoms. The lowest BCUT2D eigenvalue weighted by atomic mass is 10.2. The molecule has 0 saturated carbocycles. The highest BCUT2D eigenvalue weighted by Crippen LogP contribution is 2.13. The van der Waals surface area contributed by atoms with Crippen LogP contribution in [0.15, 0.2) is 62.2 Å². The third-order valence-electron chi connectivity index (χ3n) is 3.94. The minimum atomic E-state index is -0.813. The highest BCUT2D eigenvalue weighted by Gasteiger charge is 2.22. The van der Waals surface area contributed by atoms with E-state index in [1.54, 1.807) is 30.4 Å². The molecule has 0 aromatic heterocycles. The number of allylic oxidation sites excluding steroid dienone is 2. The zero-order valence-corrected chi connectivity index (χ0v) is 20.0. The molecular formula is C25H33ClO8. The minimum absolute atomic E-state index is 0.143. The van der Waals surface area contributed by atoms with Gasteiger partial charge >= 0.3 is 17.9 Å². The molecule has 2 rings (SSSR count). The number of halogens is 1. The third kappa shape index (κ3) is 18.6. The zero-order valence-electron chi connectivity index (χ0n) is 19.3. The van der Waals surface area contributed by atoms with E-state index in [0.717, 1.165) is 19.4 Å². The van der Waals surface area contributed by atoms with Gasteiger partial charge in [-0.25, -0.2) is 4.79 Å². The van der Waals surface area contributed by atoms with Gasteiger partial charge in [0.15, 0.2) is 0 Å². The van der Waals surface area contributed by atoms with Crippen LogP contribution in [-0.4, -0.2) is 49.1 Å². The van der Waals surface area contributed by atoms with Gasteiger partial charge in [0.1, 0.15) is 0 Å². The lowest BCUT2D eigenvalue weighted by Gasteiger charge is -2.00. The van der Waals surface area contributed by atoms with Gasteiger partial charge < -0.3 is 14.2 Å². The first kappa shape index (κ1) is 31.1. The average Bonchev–Trinajstić information content (AvgIpc) is 3.66. The standard InChI is InChI=1S/C9H14O3.C9H14O2.C7H5ClO3/c1-2-3-4-9(10)11-6-5-8-7-12-8;1-3-5-7-9(10)11-8-6-4-2;8-6-3-1-2-5(4-6)7(9)11-10/h2,8H,1,3-7H2;3-4H,1-2,5-8H2;1-4,10H. The topological polar surface area (TPSA) is 112 Å². The number of carbonyl (C=O) groups excluding carboxylic acids is 3. The second-order valence-corrected chi connectivity index (χ2v) is 7.24. The molecule has 1 fully saturated rings. The van der Waals surface area contributed by atoms with Gasteiger partial charge in [0.2, 0.25) is 0 Å². The summed E-state index contributed by atoms with van der Waals surface area (Å²) in [4.78, 5) is 35.8. The molecule has 0 aliphatic carbocycles. The first-order valence-electron chi connectivity index (χ1n) is 10.7. The molecule has 1 heterocycles. The van der Waals surface area contributed by atoms with Crippen LogP contribution < -0.4 is 0 Å². The van der Waals surface area contributed by atoms with Crippen molar-refractivity contribution in [3.8, 4) is 0 Å². The molecule has 0 radical (unpaired) electrons. The lowest BCUT2D eigenvalue weighted by molar-refractivity contribution is -0.182. The molecule has 1 atom stereocenters. The van der Waals surface area contributed by atoms with Crippen LogP contribution in [0.4, 0.5) is 0 Å². The molecule has 0 spiro atoms. The van der Waals surface area contributed by atoms with Gasteiger partial charge in [0.05, 0.1) is 31.5 Å². The van der Waals surface area contributed by atoms with E-state index in [2.05, 4.69) is 24.6 Å². The maximum atomic E-state index is 10.9. The number of rotatable bonds is 13. The largest absolute Gasteiger partial charge is 0.466 e. The van der Waals surface area contributed by atoms with Crippen molar-refractivity contribution in [1.82, 2.24) is 0 Å². The summed E-state index contributed by atoms with van der Waals surface area (Å²) in [6.07, 6.45) is 9.29. The fourth-order valence-corrected chi connectivity index (χ4v) is 2.24. The first-order valence-corrected chi connectivity index (χ1v) is 11.1. The van der Waals surface area contributed by atoms with E-state index in [-0.39, 0.29) is 17.5 Å². The Morgan fingerprint density at radius 3 is 2.03 bits per heavy atom. The van der Waals surface area contributed by atoms with Gasteiger partial charge in [-0.1, -0.05) is 35.9 Å². The van der Waals surface area contributed by atoms with Crippen LogP contribution in [0.5, 0.6) is 0 Å². The maximum absolute atomic E-state index is 10.9. The third-order valence-corrected chi connectivity index (χ3v) is 4.17. The van der Waals surface area contributed by atoms with E-state index in [9.17, 15) is 14.4 Å². The van der Waals surface area contributed by atoms with Crippen molar-refractivity contribution in [3.63, 3.8) is 0 Å². The summed E-state index contributed by atoms with van der Waals surface area (Å²) >= 11 is 5.56. The van der Waals surface area contributed by atoms with Crippen molar-refractivity contribution in [1.29, 1.82) is 0 Å². The molecule has 188 valence electrons. The van der Waals surface area contributed by atoms with Crippen LogP contribution in [0, 0.1) is 0 Å². The van der Waals surface area contributed by atoms with Crippen LogP contribution in [0.3, 0.4) is 0 Å². The van der Waals surface area contributed by atoms with Crippen molar-refractivity contribution in [2.45, 2.75) is 44.6 Å². The molecule has 34 heavy (non-hydrogen) atoms. The highest BCUT2D eigenvalue weighted by molar-refractivity contribution is 6.30. The Labute approximate surface area is 205 Å². The van der Waals surface area contributed by atoms with Gasteiger partial charge in [-0.15, -0.1) is 19.7 Å². The van der Waals surface area contributed by atoms with Crippen LogP contribution in [0.2, 0.25) is 5.02 Å². The molecular weight excluding hydrogens is 464 g/mol. The summed E-state index contributed by atoms with van der Waals surface area (Å²) in [6.45, 7) is 12.3. The Balaban J connectivity index is 0.000000481.